The number of aromatic nitrogens is 2. The molecule has 2 rings (SSSR count). The number of aliphatic hydroxyl groups excluding tert-OH is 3. The van der Waals surface area contributed by atoms with Gasteiger partial charge in [0.1, 0.15) is 30.5 Å². The first-order valence-corrected chi connectivity index (χ1v) is 5.60. The van der Waals surface area contributed by atoms with Crippen molar-refractivity contribution in [2.24, 2.45) is 0 Å². The van der Waals surface area contributed by atoms with Crippen LogP contribution in [-0.2, 0) is 4.74 Å². The molecule has 104 valence electrons. The second kappa shape index (κ2) is 5.10. The van der Waals surface area contributed by atoms with E-state index in [9.17, 15) is 24.9 Å². The highest BCUT2D eigenvalue weighted by molar-refractivity contribution is 5.14. The third-order valence-electron chi connectivity index (χ3n) is 3.03. The number of H-pyrrole nitrogens is 2. The van der Waals surface area contributed by atoms with E-state index in [0.29, 0.717) is 0 Å². The van der Waals surface area contributed by atoms with Crippen LogP contribution in [0.25, 0.3) is 0 Å². The van der Waals surface area contributed by atoms with Gasteiger partial charge in [0.25, 0.3) is 5.56 Å². The van der Waals surface area contributed by atoms with E-state index >= 15 is 0 Å². The van der Waals surface area contributed by atoms with Gasteiger partial charge in [0, 0.05) is 6.20 Å². The molecule has 5 atom stereocenters. The molecule has 1 aliphatic rings. The number of hydrogen-bond donors (Lipinski definition) is 5. The van der Waals surface area contributed by atoms with E-state index in [4.69, 9.17) is 4.74 Å². The molecule has 5 N–H and O–H groups in total. The molecule has 0 amide bonds. The lowest BCUT2D eigenvalue weighted by molar-refractivity contribution is -0.0490. The van der Waals surface area contributed by atoms with Crippen LogP contribution in [0.3, 0.4) is 0 Å². The maximum absolute atomic E-state index is 11.6. The van der Waals surface area contributed by atoms with Gasteiger partial charge in [-0.15, -0.1) is 6.58 Å². The Balaban J connectivity index is 2.34. The van der Waals surface area contributed by atoms with E-state index < -0.39 is 41.8 Å². The van der Waals surface area contributed by atoms with Crippen molar-refractivity contribution in [2.45, 2.75) is 30.5 Å². The van der Waals surface area contributed by atoms with Gasteiger partial charge in [-0.25, -0.2) is 4.79 Å². The first-order valence-electron chi connectivity index (χ1n) is 5.60. The Hall–Kier alpha value is -1.74. The maximum atomic E-state index is 11.6. The Labute approximate surface area is 107 Å². The normalized spacial score (nSPS) is 32.2. The van der Waals surface area contributed by atoms with E-state index in [-0.39, 0.29) is 5.56 Å². The Bertz CT molecular complexity index is 579. The van der Waals surface area contributed by atoms with Crippen molar-refractivity contribution in [2.75, 3.05) is 0 Å². The third kappa shape index (κ3) is 2.38. The summed E-state index contributed by atoms with van der Waals surface area (Å²) in [5, 5.41) is 29.2. The molecule has 2 heterocycles. The van der Waals surface area contributed by atoms with Crippen LogP contribution >= 0.6 is 0 Å². The fraction of sp³-hybridized carbons (Fsp3) is 0.455. The van der Waals surface area contributed by atoms with Crippen LogP contribution in [0.4, 0.5) is 0 Å². The van der Waals surface area contributed by atoms with Gasteiger partial charge in [-0.05, 0) is 0 Å². The molecule has 0 radical (unpaired) electrons. The molecule has 0 aliphatic carbocycles. The van der Waals surface area contributed by atoms with Crippen molar-refractivity contribution in [3.8, 4) is 0 Å². The van der Waals surface area contributed by atoms with Crippen LogP contribution in [0.15, 0.2) is 28.4 Å². The summed E-state index contributed by atoms with van der Waals surface area (Å²) >= 11 is 0. The zero-order valence-corrected chi connectivity index (χ0v) is 9.81. The smallest absolute Gasteiger partial charge is 0.325 e. The van der Waals surface area contributed by atoms with E-state index in [0.717, 1.165) is 12.3 Å². The molecule has 8 heteroatoms. The Morgan fingerprint density at radius 2 is 2.05 bits per heavy atom. The number of hydrogen-bond acceptors (Lipinski definition) is 6. The zero-order valence-electron chi connectivity index (χ0n) is 9.81. The summed E-state index contributed by atoms with van der Waals surface area (Å²) in [6.07, 6.45) is -3.93. The lowest BCUT2D eigenvalue weighted by atomic mass is 10.0. The molecule has 0 bridgehead atoms. The molecule has 1 fully saturated rings. The minimum absolute atomic E-state index is 0.0371. The molecule has 0 spiro atoms. The summed E-state index contributed by atoms with van der Waals surface area (Å²) in [4.78, 5) is 26.7. The lowest BCUT2D eigenvalue weighted by Crippen LogP contribution is -2.37. The Kier molecular flexibility index (Phi) is 3.67. The maximum Gasteiger partial charge on any atom is 0.325 e. The van der Waals surface area contributed by atoms with Gasteiger partial charge in [-0.3, -0.25) is 9.78 Å². The topological polar surface area (TPSA) is 136 Å². The summed E-state index contributed by atoms with van der Waals surface area (Å²) < 4.78 is 5.28. The number of aliphatic hydroxyl groups is 3. The monoisotopic (exact) mass is 270 g/mol. The summed E-state index contributed by atoms with van der Waals surface area (Å²) in [6.45, 7) is 3.35. The fourth-order valence-corrected chi connectivity index (χ4v) is 2.01. The summed E-state index contributed by atoms with van der Waals surface area (Å²) in [7, 11) is 0. The average Bonchev–Trinajstić information content (AvgIpc) is 2.66. The zero-order chi connectivity index (χ0) is 14.2. The summed E-state index contributed by atoms with van der Waals surface area (Å²) in [5.74, 6) is 0. The minimum atomic E-state index is -1.40. The second-order valence-electron chi connectivity index (χ2n) is 4.26. The molecule has 8 nitrogen and oxygen atoms in total. The van der Waals surface area contributed by atoms with Crippen LogP contribution in [0, 0.1) is 0 Å². The van der Waals surface area contributed by atoms with E-state index in [1.165, 1.54) is 0 Å². The summed E-state index contributed by atoms with van der Waals surface area (Å²) in [6, 6.07) is 0. The molecule has 0 saturated carbocycles. The standard InChI is InChI=1S/C11H14N2O6/c1-2-5(14)9-7(16)6(15)8(19-9)4-3-12-11(18)13-10(4)17/h2-3,5-9,14-16H,1H2,(H2,12,13,17,18)/t5?,6-,7-,8?,9+/m0/s1. The highest BCUT2D eigenvalue weighted by atomic mass is 16.6. The van der Waals surface area contributed by atoms with Gasteiger partial charge in [0.2, 0.25) is 0 Å². The second-order valence-corrected chi connectivity index (χ2v) is 4.26. The predicted molar refractivity (Wildman–Crippen MR) is 63.5 cm³/mol. The minimum Gasteiger partial charge on any atom is -0.387 e. The quantitative estimate of drug-likeness (QED) is 0.394. The van der Waals surface area contributed by atoms with Crippen LogP contribution in [-0.4, -0.2) is 49.7 Å². The molecule has 0 aromatic carbocycles. The number of nitrogens with one attached hydrogen (secondary N) is 2. The molecule has 1 saturated heterocycles. The Morgan fingerprint density at radius 1 is 1.37 bits per heavy atom. The first kappa shape index (κ1) is 13.7. The van der Waals surface area contributed by atoms with Crippen molar-refractivity contribution < 1.29 is 20.1 Å². The van der Waals surface area contributed by atoms with Gasteiger partial charge in [-0.1, -0.05) is 6.08 Å². The van der Waals surface area contributed by atoms with Crippen molar-refractivity contribution >= 4 is 0 Å². The summed E-state index contributed by atoms with van der Waals surface area (Å²) in [5.41, 5.74) is -1.46. The lowest BCUT2D eigenvalue weighted by Gasteiger charge is -2.17. The number of ether oxygens (including phenoxy) is 1. The SMILES string of the molecule is C=CC(O)[C@H]1OC(c2c[nH]c(=O)[nH]c2=O)[C@@H](O)[C@@H]1O. The highest BCUT2D eigenvalue weighted by Crippen LogP contribution is 2.33. The van der Waals surface area contributed by atoms with Crippen molar-refractivity contribution in [1.82, 2.24) is 9.97 Å². The van der Waals surface area contributed by atoms with Crippen molar-refractivity contribution in [3.63, 3.8) is 0 Å². The van der Waals surface area contributed by atoms with Gasteiger partial charge >= 0.3 is 5.69 Å². The van der Waals surface area contributed by atoms with Crippen molar-refractivity contribution in [1.29, 1.82) is 0 Å². The molecular formula is C11H14N2O6. The first-order chi connectivity index (χ1) is 8.95. The average molecular weight is 270 g/mol. The predicted octanol–water partition coefficient (Wildman–Crippen LogP) is -2.23. The van der Waals surface area contributed by atoms with Crippen molar-refractivity contribution in [3.05, 3.63) is 45.3 Å². The van der Waals surface area contributed by atoms with Crippen LogP contribution in [0.2, 0.25) is 0 Å². The van der Waals surface area contributed by atoms with Gasteiger partial charge in [0.15, 0.2) is 0 Å². The molecular weight excluding hydrogens is 256 g/mol. The Morgan fingerprint density at radius 3 is 2.63 bits per heavy atom. The molecule has 1 aliphatic heterocycles. The van der Waals surface area contributed by atoms with Crippen LogP contribution in [0.5, 0.6) is 0 Å². The largest absolute Gasteiger partial charge is 0.387 e. The van der Waals surface area contributed by atoms with Gasteiger partial charge in [0.05, 0.1) is 5.56 Å². The molecule has 1 aromatic rings. The van der Waals surface area contributed by atoms with E-state index in [1.54, 1.807) is 0 Å². The third-order valence-corrected chi connectivity index (χ3v) is 3.03. The van der Waals surface area contributed by atoms with Crippen LogP contribution in [0.1, 0.15) is 11.7 Å². The van der Waals surface area contributed by atoms with Crippen LogP contribution < -0.4 is 11.2 Å². The fourth-order valence-electron chi connectivity index (χ4n) is 2.01. The van der Waals surface area contributed by atoms with E-state index in [2.05, 4.69) is 11.6 Å². The highest BCUT2D eigenvalue weighted by Gasteiger charge is 2.46. The molecule has 2 unspecified atom stereocenters. The number of aromatic amines is 2. The number of rotatable bonds is 3. The van der Waals surface area contributed by atoms with E-state index in [1.807, 2.05) is 4.98 Å². The van der Waals surface area contributed by atoms with Gasteiger partial charge < -0.3 is 25.0 Å². The molecule has 1 aromatic heterocycles. The molecule has 19 heavy (non-hydrogen) atoms. The van der Waals surface area contributed by atoms with Gasteiger partial charge in [-0.2, -0.15) is 0 Å².